The maximum absolute atomic E-state index is 9.13. The van der Waals surface area contributed by atoms with Crippen molar-refractivity contribution in [3.8, 4) is 11.8 Å². The fourth-order valence-corrected chi connectivity index (χ4v) is 4.93. The summed E-state index contributed by atoms with van der Waals surface area (Å²) in [4.78, 5) is 2.57. The van der Waals surface area contributed by atoms with Gasteiger partial charge in [-0.15, -0.1) is 0 Å². The maximum Gasteiger partial charge on any atom is 0.133 e. The summed E-state index contributed by atoms with van der Waals surface area (Å²) in [6, 6.07) is 20.7. The third kappa shape index (κ3) is 4.22. The van der Waals surface area contributed by atoms with E-state index in [-0.39, 0.29) is 0 Å². The highest BCUT2D eigenvalue weighted by Crippen LogP contribution is 2.36. The summed E-state index contributed by atoms with van der Waals surface area (Å²) in [6.45, 7) is 4.26. The normalized spacial score (nSPS) is 17.4. The minimum Gasteiger partial charge on any atom is -0.370 e. The van der Waals surface area contributed by atoms with E-state index in [0.29, 0.717) is 11.5 Å². The third-order valence-electron chi connectivity index (χ3n) is 6.62. The lowest BCUT2D eigenvalue weighted by Gasteiger charge is -2.31. The summed E-state index contributed by atoms with van der Waals surface area (Å²) >= 11 is 0. The van der Waals surface area contributed by atoms with Crippen LogP contribution >= 0.6 is 0 Å². The zero-order valence-corrected chi connectivity index (χ0v) is 17.9. The predicted molar refractivity (Wildman–Crippen MR) is 123 cm³/mol. The molecule has 0 radical (unpaired) electrons. The van der Waals surface area contributed by atoms with Crippen LogP contribution in [0.2, 0.25) is 0 Å². The van der Waals surface area contributed by atoms with Crippen LogP contribution in [0.25, 0.3) is 5.69 Å². The highest BCUT2D eigenvalue weighted by molar-refractivity contribution is 5.55. The van der Waals surface area contributed by atoms with Gasteiger partial charge in [0.15, 0.2) is 0 Å². The molecule has 0 bridgehead atoms. The van der Waals surface area contributed by atoms with Gasteiger partial charge in [0.2, 0.25) is 0 Å². The number of nitriles is 1. The van der Waals surface area contributed by atoms with E-state index in [1.165, 1.54) is 29.7 Å². The van der Waals surface area contributed by atoms with Crippen molar-refractivity contribution in [3.05, 3.63) is 77.0 Å². The minimum absolute atomic E-state index is 0.514. The molecule has 2 aliphatic rings. The van der Waals surface area contributed by atoms with Crippen molar-refractivity contribution < 1.29 is 0 Å². The van der Waals surface area contributed by atoms with E-state index in [9.17, 15) is 0 Å². The monoisotopic (exact) mass is 411 g/mol. The molecule has 2 aliphatic heterocycles. The van der Waals surface area contributed by atoms with Gasteiger partial charge < -0.3 is 5.32 Å². The number of hydrogen-bond acceptors (Lipinski definition) is 4. The largest absolute Gasteiger partial charge is 0.370 e. The van der Waals surface area contributed by atoms with Crippen LogP contribution in [0.5, 0.6) is 0 Å². The summed E-state index contributed by atoms with van der Waals surface area (Å²) in [5.41, 5.74) is 5.79. The molecule has 3 aromatic rings. The molecule has 0 saturated carbocycles. The number of fused-ring (bicyclic) bond motifs is 1. The first-order chi connectivity index (χ1) is 15.3. The van der Waals surface area contributed by atoms with Crippen molar-refractivity contribution in [2.75, 3.05) is 25.0 Å². The fourth-order valence-electron chi connectivity index (χ4n) is 4.93. The standard InChI is InChI=1S/C26H29N5/c27-18-20-9-11-23(12-10-20)31-26-24(8-4-5-15-28-26)25(29-31)22-13-16-30(17-14-22)19-21-6-2-1-3-7-21/h1-3,6-7,9-12,22,28H,4-5,8,13-17,19H2. The van der Waals surface area contributed by atoms with Crippen molar-refractivity contribution in [1.82, 2.24) is 14.7 Å². The molecule has 3 heterocycles. The smallest absolute Gasteiger partial charge is 0.133 e. The van der Waals surface area contributed by atoms with Gasteiger partial charge in [-0.25, -0.2) is 4.68 Å². The molecule has 158 valence electrons. The molecule has 0 atom stereocenters. The van der Waals surface area contributed by atoms with E-state index in [0.717, 1.165) is 56.9 Å². The SMILES string of the molecule is N#Cc1ccc(-n2nc(C3CCN(Cc4ccccc4)CC3)c3c2NCCCC3)cc1. The van der Waals surface area contributed by atoms with E-state index in [2.05, 4.69) is 51.3 Å². The zero-order valence-electron chi connectivity index (χ0n) is 17.9. The zero-order chi connectivity index (χ0) is 21.0. The van der Waals surface area contributed by atoms with Crippen molar-refractivity contribution in [1.29, 1.82) is 5.26 Å². The Balaban J connectivity index is 1.38. The summed E-state index contributed by atoms with van der Waals surface area (Å²) in [5, 5.41) is 17.9. The number of rotatable bonds is 4. The van der Waals surface area contributed by atoms with Crippen molar-refractivity contribution >= 4 is 5.82 Å². The quantitative estimate of drug-likeness (QED) is 0.665. The number of anilines is 1. The second-order valence-electron chi connectivity index (χ2n) is 8.70. The molecule has 0 unspecified atom stereocenters. The van der Waals surface area contributed by atoms with Gasteiger partial charge in [0.1, 0.15) is 5.82 Å². The Morgan fingerprint density at radius 2 is 1.77 bits per heavy atom. The molecule has 5 heteroatoms. The van der Waals surface area contributed by atoms with Crippen molar-refractivity contribution in [2.45, 2.75) is 44.6 Å². The molecule has 1 saturated heterocycles. The van der Waals surface area contributed by atoms with Crippen LogP contribution in [-0.2, 0) is 13.0 Å². The molecular formula is C26H29N5. The average molecular weight is 412 g/mol. The Bertz CT molecular complexity index is 1050. The first kappa shape index (κ1) is 19.8. The van der Waals surface area contributed by atoms with Gasteiger partial charge in [-0.3, -0.25) is 4.90 Å². The second kappa shape index (κ2) is 8.95. The molecule has 1 fully saturated rings. The van der Waals surface area contributed by atoms with E-state index < -0.39 is 0 Å². The lowest BCUT2D eigenvalue weighted by Crippen LogP contribution is -2.32. The molecule has 0 aliphatic carbocycles. The van der Waals surface area contributed by atoms with Gasteiger partial charge >= 0.3 is 0 Å². The lowest BCUT2D eigenvalue weighted by atomic mass is 9.90. The van der Waals surface area contributed by atoms with Gasteiger partial charge in [0.25, 0.3) is 0 Å². The van der Waals surface area contributed by atoms with Gasteiger partial charge in [-0.05, 0) is 75.0 Å². The summed E-state index contributed by atoms with van der Waals surface area (Å²) in [7, 11) is 0. The highest BCUT2D eigenvalue weighted by atomic mass is 15.3. The van der Waals surface area contributed by atoms with E-state index in [1.54, 1.807) is 0 Å². The lowest BCUT2D eigenvalue weighted by molar-refractivity contribution is 0.203. The van der Waals surface area contributed by atoms with Crippen molar-refractivity contribution in [2.24, 2.45) is 0 Å². The second-order valence-corrected chi connectivity index (χ2v) is 8.70. The summed E-state index contributed by atoms with van der Waals surface area (Å²) < 4.78 is 2.08. The first-order valence-electron chi connectivity index (χ1n) is 11.4. The van der Waals surface area contributed by atoms with Gasteiger partial charge in [0.05, 0.1) is 23.0 Å². The van der Waals surface area contributed by atoms with Crippen LogP contribution in [0, 0.1) is 11.3 Å². The number of hydrogen-bond donors (Lipinski definition) is 1. The minimum atomic E-state index is 0.514. The molecule has 5 nitrogen and oxygen atoms in total. The van der Waals surface area contributed by atoms with Crippen LogP contribution in [0.1, 0.15) is 54.0 Å². The summed E-state index contributed by atoms with van der Waals surface area (Å²) in [6.07, 6.45) is 5.81. The van der Waals surface area contributed by atoms with Crippen LogP contribution in [0.15, 0.2) is 54.6 Å². The number of aromatic nitrogens is 2. The van der Waals surface area contributed by atoms with Gasteiger partial charge in [0, 0.05) is 24.6 Å². The number of piperidine rings is 1. The maximum atomic E-state index is 9.13. The van der Waals surface area contributed by atoms with Crippen molar-refractivity contribution in [3.63, 3.8) is 0 Å². The molecule has 2 aromatic carbocycles. The Hall–Kier alpha value is -3.10. The first-order valence-corrected chi connectivity index (χ1v) is 11.4. The van der Waals surface area contributed by atoms with E-state index in [1.807, 2.05) is 24.3 Å². The number of nitrogens with zero attached hydrogens (tertiary/aromatic N) is 4. The molecule has 5 rings (SSSR count). The average Bonchev–Trinajstić information content (AvgIpc) is 3.01. The van der Waals surface area contributed by atoms with Crippen LogP contribution < -0.4 is 5.32 Å². The number of nitrogens with one attached hydrogen (secondary N) is 1. The Kier molecular flexibility index (Phi) is 5.73. The Morgan fingerprint density at radius 3 is 2.52 bits per heavy atom. The topological polar surface area (TPSA) is 56.9 Å². The highest BCUT2D eigenvalue weighted by Gasteiger charge is 2.29. The Morgan fingerprint density at radius 1 is 1.00 bits per heavy atom. The van der Waals surface area contributed by atoms with Crippen LogP contribution in [0.3, 0.4) is 0 Å². The predicted octanol–water partition coefficient (Wildman–Crippen LogP) is 4.87. The van der Waals surface area contributed by atoms with Gasteiger partial charge in [-0.2, -0.15) is 10.4 Å². The molecular weight excluding hydrogens is 382 g/mol. The van der Waals surface area contributed by atoms with E-state index in [4.69, 9.17) is 10.4 Å². The molecule has 0 amide bonds. The molecule has 1 N–H and O–H groups in total. The third-order valence-corrected chi connectivity index (χ3v) is 6.62. The molecule has 1 aromatic heterocycles. The van der Waals surface area contributed by atoms with E-state index >= 15 is 0 Å². The van der Waals surface area contributed by atoms with Crippen LogP contribution in [-0.4, -0.2) is 34.3 Å². The van der Waals surface area contributed by atoms with Crippen LogP contribution in [0.4, 0.5) is 5.82 Å². The molecule has 0 spiro atoms. The number of likely N-dealkylation sites (tertiary alicyclic amines) is 1. The number of benzene rings is 2. The Labute approximate surface area is 184 Å². The fraction of sp³-hybridized carbons (Fsp3) is 0.385. The summed E-state index contributed by atoms with van der Waals surface area (Å²) in [5.74, 6) is 1.67. The molecule has 31 heavy (non-hydrogen) atoms. The van der Waals surface area contributed by atoms with Gasteiger partial charge in [-0.1, -0.05) is 30.3 Å².